The quantitative estimate of drug-likeness (QED) is 0.626. The molecule has 0 spiro atoms. The lowest BCUT2D eigenvalue weighted by Gasteiger charge is -2.03. The summed E-state index contributed by atoms with van der Waals surface area (Å²) in [7, 11) is 0. The van der Waals surface area contributed by atoms with E-state index in [1.807, 2.05) is 24.3 Å². The third-order valence-electron chi connectivity index (χ3n) is 2.80. The monoisotopic (exact) mass is 270 g/mol. The standard InChI is InChI=1S/C14H11FN4O/c15-9-5-8(6-10(16)7-9)13(20)19-14-17-11-3-1-2-4-12(11)18-14/h1-7H,16H2,(H2,17,18,19,20). The first-order chi connectivity index (χ1) is 9.61. The van der Waals surface area contributed by atoms with Crippen LogP contribution in [0.5, 0.6) is 0 Å². The highest BCUT2D eigenvalue weighted by Gasteiger charge is 2.10. The van der Waals surface area contributed by atoms with Gasteiger partial charge in [-0.3, -0.25) is 10.1 Å². The number of nitrogens with zero attached hydrogens (tertiary/aromatic N) is 1. The van der Waals surface area contributed by atoms with Gasteiger partial charge in [-0.05, 0) is 30.3 Å². The van der Waals surface area contributed by atoms with Crippen LogP contribution in [0.25, 0.3) is 11.0 Å². The topological polar surface area (TPSA) is 83.8 Å². The zero-order chi connectivity index (χ0) is 14.1. The number of fused-ring (bicyclic) bond motifs is 1. The van der Waals surface area contributed by atoms with Crippen LogP contribution in [-0.2, 0) is 0 Å². The van der Waals surface area contributed by atoms with Crippen LogP contribution < -0.4 is 11.1 Å². The molecule has 0 radical (unpaired) electrons. The summed E-state index contributed by atoms with van der Waals surface area (Å²) in [6.45, 7) is 0. The number of hydrogen-bond acceptors (Lipinski definition) is 3. The van der Waals surface area contributed by atoms with Crippen LogP contribution in [0.15, 0.2) is 42.5 Å². The maximum Gasteiger partial charge on any atom is 0.258 e. The van der Waals surface area contributed by atoms with Gasteiger partial charge in [0.05, 0.1) is 11.0 Å². The number of imidazole rings is 1. The van der Waals surface area contributed by atoms with Gasteiger partial charge in [0.1, 0.15) is 5.82 Å². The Morgan fingerprint density at radius 1 is 1.25 bits per heavy atom. The second kappa shape index (κ2) is 4.65. The number of rotatable bonds is 2. The molecule has 0 atom stereocenters. The van der Waals surface area contributed by atoms with Gasteiger partial charge < -0.3 is 10.7 Å². The molecular weight excluding hydrogens is 259 g/mol. The van der Waals surface area contributed by atoms with Crippen LogP contribution in [-0.4, -0.2) is 15.9 Å². The number of hydrogen-bond donors (Lipinski definition) is 3. The molecule has 0 aliphatic heterocycles. The van der Waals surface area contributed by atoms with Gasteiger partial charge in [0.25, 0.3) is 5.91 Å². The Balaban J connectivity index is 1.88. The average molecular weight is 270 g/mol. The summed E-state index contributed by atoms with van der Waals surface area (Å²) in [4.78, 5) is 19.2. The smallest absolute Gasteiger partial charge is 0.258 e. The van der Waals surface area contributed by atoms with E-state index in [-0.39, 0.29) is 11.3 Å². The normalized spacial score (nSPS) is 10.7. The van der Waals surface area contributed by atoms with Gasteiger partial charge in [0.2, 0.25) is 5.95 Å². The molecule has 1 amide bonds. The van der Waals surface area contributed by atoms with E-state index in [1.54, 1.807) is 0 Å². The number of halogens is 1. The summed E-state index contributed by atoms with van der Waals surface area (Å²) in [6, 6.07) is 11.1. The molecule has 100 valence electrons. The predicted octanol–water partition coefficient (Wildman–Crippen LogP) is 2.54. The SMILES string of the molecule is Nc1cc(F)cc(C(=O)Nc2nc3ccccc3[nH]2)c1. The van der Waals surface area contributed by atoms with Crippen molar-refractivity contribution in [1.29, 1.82) is 0 Å². The van der Waals surface area contributed by atoms with Crippen molar-refractivity contribution >= 4 is 28.6 Å². The van der Waals surface area contributed by atoms with Crippen LogP contribution in [0.1, 0.15) is 10.4 Å². The molecule has 3 aromatic rings. The number of aromatic nitrogens is 2. The van der Waals surface area contributed by atoms with Crippen molar-refractivity contribution in [2.24, 2.45) is 0 Å². The Bertz CT molecular complexity index is 743. The minimum absolute atomic E-state index is 0.142. The first-order valence-electron chi connectivity index (χ1n) is 5.94. The summed E-state index contributed by atoms with van der Waals surface area (Å²) >= 11 is 0. The Kier molecular flexibility index (Phi) is 2.83. The average Bonchev–Trinajstić information content (AvgIpc) is 2.79. The van der Waals surface area contributed by atoms with Crippen molar-refractivity contribution < 1.29 is 9.18 Å². The number of carbonyl (C=O) groups is 1. The highest BCUT2D eigenvalue weighted by molar-refractivity contribution is 6.04. The van der Waals surface area contributed by atoms with Crippen LogP contribution >= 0.6 is 0 Å². The maximum absolute atomic E-state index is 13.2. The number of carbonyl (C=O) groups excluding carboxylic acids is 1. The van der Waals surface area contributed by atoms with E-state index in [9.17, 15) is 9.18 Å². The lowest BCUT2D eigenvalue weighted by Crippen LogP contribution is -2.13. The van der Waals surface area contributed by atoms with Crippen LogP contribution in [0.3, 0.4) is 0 Å². The Morgan fingerprint density at radius 2 is 2.05 bits per heavy atom. The van der Waals surface area contributed by atoms with Crippen molar-refractivity contribution in [1.82, 2.24) is 9.97 Å². The molecule has 0 fully saturated rings. The molecule has 20 heavy (non-hydrogen) atoms. The van der Waals surface area contributed by atoms with Crippen molar-refractivity contribution in [3.63, 3.8) is 0 Å². The van der Waals surface area contributed by atoms with Crippen molar-refractivity contribution in [3.8, 4) is 0 Å². The molecule has 5 nitrogen and oxygen atoms in total. The summed E-state index contributed by atoms with van der Waals surface area (Å²) in [6.07, 6.45) is 0. The lowest BCUT2D eigenvalue weighted by atomic mass is 10.2. The van der Waals surface area contributed by atoms with E-state index < -0.39 is 11.7 Å². The van der Waals surface area contributed by atoms with E-state index in [0.717, 1.165) is 23.2 Å². The van der Waals surface area contributed by atoms with Gasteiger partial charge in [-0.25, -0.2) is 9.37 Å². The zero-order valence-corrected chi connectivity index (χ0v) is 10.4. The third-order valence-corrected chi connectivity index (χ3v) is 2.80. The number of benzene rings is 2. The molecule has 0 saturated carbocycles. The molecule has 0 saturated heterocycles. The maximum atomic E-state index is 13.2. The van der Waals surface area contributed by atoms with Crippen LogP contribution in [0.4, 0.5) is 16.0 Å². The molecule has 6 heteroatoms. The summed E-state index contributed by atoms with van der Waals surface area (Å²) in [5.74, 6) is -0.728. The van der Waals surface area contributed by atoms with Crippen LogP contribution in [0, 0.1) is 5.82 Å². The zero-order valence-electron chi connectivity index (χ0n) is 10.4. The first kappa shape index (κ1) is 12.2. The van der Waals surface area contributed by atoms with Crippen molar-refractivity contribution in [2.45, 2.75) is 0 Å². The Hall–Kier alpha value is -2.89. The minimum atomic E-state index is -0.556. The minimum Gasteiger partial charge on any atom is -0.399 e. The Morgan fingerprint density at radius 3 is 2.80 bits per heavy atom. The fourth-order valence-electron chi connectivity index (χ4n) is 1.94. The number of para-hydroxylation sites is 2. The van der Waals surface area contributed by atoms with Gasteiger partial charge in [-0.15, -0.1) is 0 Å². The Labute approximate surface area is 113 Å². The number of aromatic amines is 1. The summed E-state index contributed by atoms with van der Waals surface area (Å²) in [5, 5.41) is 2.57. The lowest BCUT2D eigenvalue weighted by molar-refractivity contribution is 0.102. The number of nitrogens with two attached hydrogens (primary N) is 1. The fourth-order valence-corrected chi connectivity index (χ4v) is 1.94. The van der Waals surface area contributed by atoms with Crippen molar-refractivity contribution in [2.75, 3.05) is 11.1 Å². The number of H-pyrrole nitrogens is 1. The van der Waals surface area contributed by atoms with E-state index in [1.165, 1.54) is 6.07 Å². The van der Waals surface area contributed by atoms with Gasteiger partial charge in [0.15, 0.2) is 0 Å². The summed E-state index contributed by atoms with van der Waals surface area (Å²) in [5.41, 5.74) is 7.39. The number of nitrogen functional groups attached to an aromatic ring is 1. The van der Waals surface area contributed by atoms with E-state index in [4.69, 9.17) is 5.73 Å². The number of anilines is 2. The van der Waals surface area contributed by atoms with Gasteiger partial charge in [0, 0.05) is 11.3 Å². The fraction of sp³-hybridized carbons (Fsp3) is 0. The second-order valence-electron chi connectivity index (χ2n) is 4.33. The highest BCUT2D eigenvalue weighted by atomic mass is 19.1. The summed E-state index contributed by atoms with van der Waals surface area (Å²) < 4.78 is 13.2. The van der Waals surface area contributed by atoms with E-state index in [2.05, 4.69) is 15.3 Å². The van der Waals surface area contributed by atoms with Crippen molar-refractivity contribution in [3.05, 3.63) is 53.8 Å². The molecule has 2 aromatic carbocycles. The molecular formula is C14H11FN4O. The van der Waals surface area contributed by atoms with Gasteiger partial charge in [-0.1, -0.05) is 12.1 Å². The van der Waals surface area contributed by atoms with Gasteiger partial charge >= 0.3 is 0 Å². The van der Waals surface area contributed by atoms with Crippen LogP contribution in [0.2, 0.25) is 0 Å². The molecule has 1 aromatic heterocycles. The molecule has 1 heterocycles. The number of amides is 1. The molecule has 4 N–H and O–H groups in total. The predicted molar refractivity (Wildman–Crippen MR) is 74.9 cm³/mol. The highest BCUT2D eigenvalue weighted by Crippen LogP contribution is 2.15. The number of nitrogens with one attached hydrogen (secondary N) is 2. The molecule has 0 unspecified atom stereocenters. The molecule has 0 aliphatic rings. The largest absolute Gasteiger partial charge is 0.399 e. The van der Waals surface area contributed by atoms with Gasteiger partial charge in [-0.2, -0.15) is 0 Å². The van der Waals surface area contributed by atoms with E-state index in [0.29, 0.717) is 5.95 Å². The molecule has 0 bridgehead atoms. The first-order valence-corrected chi connectivity index (χ1v) is 5.94. The third kappa shape index (κ3) is 2.31. The van der Waals surface area contributed by atoms with E-state index >= 15 is 0 Å². The molecule has 0 aliphatic carbocycles. The molecule has 3 rings (SSSR count). The second-order valence-corrected chi connectivity index (χ2v) is 4.33.